The van der Waals surface area contributed by atoms with Crippen molar-refractivity contribution in [3.63, 3.8) is 0 Å². The zero-order valence-electron chi connectivity index (χ0n) is 8.65. The molecular weight excluding hydrogens is 212 g/mol. The zero-order chi connectivity index (χ0) is 10.9. The summed E-state index contributed by atoms with van der Waals surface area (Å²) < 4.78 is 25.7. The molecule has 0 aliphatic heterocycles. The highest BCUT2D eigenvalue weighted by molar-refractivity contribution is 7.89. The second-order valence-electron chi connectivity index (χ2n) is 4.61. The molecule has 2 aliphatic rings. The van der Waals surface area contributed by atoms with E-state index in [2.05, 4.69) is 4.72 Å². The molecule has 0 radical (unpaired) electrons. The van der Waals surface area contributed by atoms with Gasteiger partial charge in [-0.3, -0.25) is 0 Å². The van der Waals surface area contributed by atoms with Crippen LogP contribution < -0.4 is 4.72 Å². The lowest BCUT2D eigenvalue weighted by atomic mass is 10.2. The first-order chi connectivity index (χ1) is 7.11. The summed E-state index contributed by atoms with van der Waals surface area (Å²) in [5, 5.41) is 8.81. The molecule has 0 aromatic rings. The van der Waals surface area contributed by atoms with Crippen molar-refractivity contribution >= 4 is 10.0 Å². The summed E-state index contributed by atoms with van der Waals surface area (Å²) in [7, 11) is -3.23. The molecule has 2 saturated carbocycles. The average molecular weight is 228 g/mol. The van der Waals surface area contributed by atoms with Gasteiger partial charge in [-0.25, -0.2) is 8.42 Å². The van der Waals surface area contributed by atoms with Crippen LogP contribution in [0.4, 0.5) is 0 Å². The molecular formula is C10H16N2O2S. The lowest BCUT2D eigenvalue weighted by Gasteiger charge is -2.10. The van der Waals surface area contributed by atoms with Gasteiger partial charge < -0.3 is 0 Å². The number of rotatable bonds is 6. The molecule has 84 valence electrons. The molecule has 2 rings (SSSR count). The molecule has 1 N–H and O–H groups in total. The van der Waals surface area contributed by atoms with Gasteiger partial charge in [-0.2, -0.15) is 9.98 Å². The molecule has 15 heavy (non-hydrogen) atoms. The lowest BCUT2D eigenvalue weighted by molar-refractivity contribution is 0.555. The van der Waals surface area contributed by atoms with E-state index in [9.17, 15) is 8.42 Å². The number of nitrogens with zero attached hydrogens (tertiary/aromatic N) is 1. The summed E-state index contributed by atoms with van der Waals surface area (Å²) in [6.07, 6.45) is 5.03. The van der Waals surface area contributed by atoms with Crippen LogP contribution in [0, 0.1) is 23.2 Å². The molecule has 0 unspecified atom stereocenters. The highest BCUT2D eigenvalue weighted by atomic mass is 32.2. The number of hydrogen-bond donors (Lipinski definition) is 1. The van der Waals surface area contributed by atoms with Crippen molar-refractivity contribution in [1.29, 1.82) is 5.26 Å². The average Bonchev–Trinajstić information content (AvgIpc) is 3.03. The summed E-state index contributed by atoms with van der Waals surface area (Å²) in [5.74, 6) is 1.05. The Bertz CT molecular complexity index is 363. The molecule has 5 heteroatoms. The predicted octanol–water partition coefficient (Wildman–Crippen LogP) is 1.01. The Balaban J connectivity index is 1.81. The van der Waals surface area contributed by atoms with Gasteiger partial charge in [-0.1, -0.05) is 12.8 Å². The van der Waals surface area contributed by atoms with Crippen molar-refractivity contribution in [2.45, 2.75) is 38.1 Å². The molecule has 2 aliphatic carbocycles. The second-order valence-corrected chi connectivity index (χ2v) is 6.49. The van der Waals surface area contributed by atoms with Crippen LogP contribution in [0.2, 0.25) is 0 Å². The zero-order valence-corrected chi connectivity index (χ0v) is 9.46. The summed E-state index contributed by atoms with van der Waals surface area (Å²) in [4.78, 5) is 0. The molecule has 0 spiro atoms. The predicted molar refractivity (Wildman–Crippen MR) is 56.4 cm³/mol. The SMILES string of the molecule is N#C[C@@H](NS(=O)(=O)CCC1CC1)C1CC1. The first kappa shape index (κ1) is 10.9. The lowest BCUT2D eigenvalue weighted by Crippen LogP contribution is -2.36. The standard InChI is InChI=1S/C10H16N2O2S/c11-7-10(9-3-4-9)12-15(13,14)6-5-8-1-2-8/h8-10,12H,1-6H2/t10-/m1/s1. The van der Waals surface area contributed by atoms with Crippen molar-refractivity contribution < 1.29 is 8.42 Å². The Morgan fingerprint density at radius 1 is 1.33 bits per heavy atom. The first-order valence-corrected chi connectivity index (χ1v) is 7.15. The van der Waals surface area contributed by atoms with Gasteiger partial charge in [-0.15, -0.1) is 0 Å². The highest BCUT2D eigenvalue weighted by Gasteiger charge is 2.34. The number of nitrogens with one attached hydrogen (secondary N) is 1. The second kappa shape index (κ2) is 4.11. The topological polar surface area (TPSA) is 70.0 Å². The number of hydrogen-bond acceptors (Lipinski definition) is 3. The maximum Gasteiger partial charge on any atom is 0.212 e. The Hall–Kier alpha value is -0.600. The first-order valence-electron chi connectivity index (χ1n) is 5.50. The van der Waals surface area contributed by atoms with E-state index in [1.54, 1.807) is 0 Å². The Morgan fingerprint density at radius 2 is 2.00 bits per heavy atom. The van der Waals surface area contributed by atoms with Crippen LogP contribution in [0.25, 0.3) is 0 Å². The van der Waals surface area contributed by atoms with E-state index in [0.29, 0.717) is 5.92 Å². The minimum Gasteiger partial charge on any atom is -0.212 e. The van der Waals surface area contributed by atoms with E-state index in [1.165, 1.54) is 12.8 Å². The molecule has 0 heterocycles. The summed E-state index contributed by atoms with van der Waals surface area (Å²) in [5.41, 5.74) is 0. The van der Waals surface area contributed by atoms with Crippen LogP contribution in [0.1, 0.15) is 32.1 Å². The smallest absolute Gasteiger partial charge is 0.212 e. The van der Waals surface area contributed by atoms with Crippen LogP contribution in [-0.4, -0.2) is 20.2 Å². The Morgan fingerprint density at radius 3 is 2.47 bits per heavy atom. The van der Waals surface area contributed by atoms with Gasteiger partial charge >= 0.3 is 0 Å². The van der Waals surface area contributed by atoms with Crippen LogP contribution >= 0.6 is 0 Å². The molecule has 0 aromatic heterocycles. The van der Waals surface area contributed by atoms with E-state index < -0.39 is 16.1 Å². The highest BCUT2D eigenvalue weighted by Crippen LogP contribution is 2.34. The molecule has 0 bridgehead atoms. The van der Waals surface area contributed by atoms with Gasteiger partial charge in [0.1, 0.15) is 6.04 Å². The van der Waals surface area contributed by atoms with Gasteiger partial charge in [0.15, 0.2) is 0 Å². The summed E-state index contributed by atoms with van der Waals surface area (Å²) in [6, 6.07) is 1.54. The van der Waals surface area contributed by atoms with Gasteiger partial charge in [0.05, 0.1) is 11.8 Å². The van der Waals surface area contributed by atoms with Gasteiger partial charge in [0.25, 0.3) is 0 Å². The third-order valence-electron chi connectivity index (χ3n) is 3.03. The van der Waals surface area contributed by atoms with Crippen LogP contribution in [0.3, 0.4) is 0 Å². The maximum absolute atomic E-state index is 11.6. The van der Waals surface area contributed by atoms with Crippen molar-refractivity contribution in [3.05, 3.63) is 0 Å². The molecule has 2 fully saturated rings. The fourth-order valence-corrected chi connectivity index (χ4v) is 3.03. The molecule has 4 nitrogen and oxygen atoms in total. The van der Waals surface area contributed by atoms with E-state index >= 15 is 0 Å². The van der Waals surface area contributed by atoms with E-state index in [4.69, 9.17) is 5.26 Å². The van der Waals surface area contributed by atoms with Crippen molar-refractivity contribution in [3.8, 4) is 6.07 Å². The van der Waals surface area contributed by atoms with E-state index in [0.717, 1.165) is 19.3 Å². The molecule has 1 atom stereocenters. The number of sulfonamides is 1. The molecule has 0 saturated heterocycles. The van der Waals surface area contributed by atoms with Crippen molar-refractivity contribution in [2.75, 3.05) is 5.75 Å². The van der Waals surface area contributed by atoms with Crippen molar-refractivity contribution in [1.82, 2.24) is 4.72 Å². The number of nitriles is 1. The normalized spacial score (nSPS) is 23.4. The minimum atomic E-state index is -3.23. The maximum atomic E-state index is 11.6. The van der Waals surface area contributed by atoms with Crippen LogP contribution in [0.5, 0.6) is 0 Å². The van der Waals surface area contributed by atoms with E-state index in [1.807, 2.05) is 6.07 Å². The largest absolute Gasteiger partial charge is 0.212 e. The van der Waals surface area contributed by atoms with E-state index in [-0.39, 0.29) is 11.7 Å². The van der Waals surface area contributed by atoms with Gasteiger partial charge in [-0.05, 0) is 31.1 Å². The van der Waals surface area contributed by atoms with Crippen LogP contribution in [0.15, 0.2) is 0 Å². The third-order valence-corrected chi connectivity index (χ3v) is 4.42. The Kier molecular flexibility index (Phi) is 2.98. The fourth-order valence-electron chi connectivity index (χ4n) is 1.64. The van der Waals surface area contributed by atoms with Crippen LogP contribution in [-0.2, 0) is 10.0 Å². The minimum absolute atomic E-state index is 0.183. The Labute approximate surface area is 90.7 Å². The third kappa shape index (κ3) is 3.47. The molecule has 0 aromatic carbocycles. The fraction of sp³-hybridized carbons (Fsp3) is 0.900. The summed E-state index contributed by atoms with van der Waals surface area (Å²) in [6.45, 7) is 0. The van der Waals surface area contributed by atoms with Crippen molar-refractivity contribution in [2.24, 2.45) is 11.8 Å². The van der Waals surface area contributed by atoms with Gasteiger partial charge in [0, 0.05) is 0 Å². The van der Waals surface area contributed by atoms with Gasteiger partial charge in [0.2, 0.25) is 10.0 Å². The quantitative estimate of drug-likeness (QED) is 0.737. The monoisotopic (exact) mass is 228 g/mol. The summed E-state index contributed by atoms with van der Waals surface area (Å²) >= 11 is 0. The molecule has 0 amide bonds.